The number of fused-ring (bicyclic) bond motifs is 1. The third-order valence-corrected chi connectivity index (χ3v) is 6.77. The Bertz CT molecular complexity index is 1420. The molecule has 4 rings (SSSR count). The normalized spacial score (nSPS) is 15.5. The number of aliphatic hydroxyl groups excluding tert-OH is 1. The lowest BCUT2D eigenvalue weighted by molar-refractivity contribution is -0.137. The van der Waals surface area contributed by atoms with Crippen LogP contribution in [0.25, 0.3) is 0 Å². The molecule has 0 aliphatic carbocycles. The Kier molecular flexibility index (Phi) is 8.77. The second-order valence-corrected chi connectivity index (χ2v) is 11.0. The molecular formula is C30H36FN5O5. The third-order valence-electron chi connectivity index (χ3n) is 6.77. The van der Waals surface area contributed by atoms with Gasteiger partial charge in [0.15, 0.2) is 6.04 Å². The van der Waals surface area contributed by atoms with Gasteiger partial charge in [0.1, 0.15) is 23.0 Å². The number of hydrogen-bond acceptors (Lipinski definition) is 9. The number of halogens is 1. The molecule has 2 heterocycles. The van der Waals surface area contributed by atoms with Crippen LogP contribution in [0.3, 0.4) is 0 Å². The number of nitrogens with zero attached hydrogens (tertiary/aromatic N) is 3. The fourth-order valence-electron chi connectivity index (χ4n) is 4.59. The molecule has 0 saturated carbocycles. The van der Waals surface area contributed by atoms with Gasteiger partial charge in [0.05, 0.1) is 12.6 Å². The minimum Gasteiger partial charge on any atom is -0.444 e. The first kappa shape index (κ1) is 29.7. The molecule has 0 bridgehead atoms. The molecule has 10 nitrogen and oxygen atoms in total. The Labute approximate surface area is 238 Å². The fraction of sp³-hybridized carbons (Fsp3) is 0.400. The van der Waals surface area contributed by atoms with Crippen molar-refractivity contribution in [2.45, 2.75) is 65.6 Å². The maximum absolute atomic E-state index is 13.3. The van der Waals surface area contributed by atoms with Crippen LogP contribution >= 0.6 is 0 Å². The molecule has 0 radical (unpaired) electrons. The summed E-state index contributed by atoms with van der Waals surface area (Å²) in [4.78, 5) is 36.3. The van der Waals surface area contributed by atoms with Crippen molar-refractivity contribution in [3.8, 4) is 5.75 Å². The molecule has 2 unspecified atom stereocenters. The highest BCUT2D eigenvalue weighted by Crippen LogP contribution is 2.36. The van der Waals surface area contributed by atoms with Gasteiger partial charge in [0.25, 0.3) is 0 Å². The van der Waals surface area contributed by atoms with Gasteiger partial charge in [-0.1, -0.05) is 6.07 Å². The Hall–Kier alpha value is -4.25. The zero-order valence-corrected chi connectivity index (χ0v) is 24.1. The van der Waals surface area contributed by atoms with Crippen LogP contribution in [-0.4, -0.2) is 51.9 Å². The highest BCUT2D eigenvalue weighted by atomic mass is 19.1. The van der Waals surface area contributed by atoms with E-state index in [4.69, 9.17) is 14.5 Å². The second-order valence-electron chi connectivity index (χ2n) is 11.0. The number of aliphatic hydroxyl groups is 1. The lowest BCUT2D eigenvalue weighted by Gasteiger charge is -2.37. The van der Waals surface area contributed by atoms with E-state index in [2.05, 4.69) is 27.4 Å². The van der Waals surface area contributed by atoms with E-state index in [0.717, 1.165) is 28.2 Å². The van der Waals surface area contributed by atoms with E-state index in [-0.39, 0.29) is 11.9 Å². The Morgan fingerprint density at radius 2 is 1.85 bits per heavy atom. The quantitative estimate of drug-likeness (QED) is 0.271. The second kappa shape index (κ2) is 12.1. The molecule has 2 aromatic carbocycles. The molecule has 0 spiro atoms. The van der Waals surface area contributed by atoms with Crippen LogP contribution in [-0.2, 0) is 16.0 Å². The van der Waals surface area contributed by atoms with Gasteiger partial charge < -0.3 is 30.1 Å². The van der Waals surface area contributed by atoms with Crippen molar-refractivity contribution in [2.75, 3.05) is 23.4 Å². The SMILES string of the molecule is Cc1nc(Nc2ccc(F)cc2)nc(N2CCc3cc(OC(=O)C(CO)NC(=O)OC(C)(C)C)ccc3C2C)c1C. The first-order valence-electron chi connectivity index (χ1n) is 13.4. The summed E-state index contributed by atoms with van der Waals surface area (Å²) in [5, 5.41) is 15.1. The molecule has 0 fully saturated rings. The van der Waals surface area contributed by atoms with Gasteiger partial charge in [0.2, 0.25) is 5.95 Å². The Morgan fingerprint density at radius 3 is 2.51 bits per heavy atom. The number of hydrogen-bond donors (Lipinski definition) is 3. The number of carbonyl (C=O) groups is 2. The Balaban J connectivity index is 1.49. The molecule has 1 aliphatic heterocycles. The van der Waals surface area contributed by atoms with Gasteiger partial charge in [0, 0.05) is 23.5 Å². The number of carbonyl (C=O) groups excluding carboxylic acids is 2. The van der Waals surface area contributed by atoms with Crippen LogP contribution in [0, 0.1) is 19.7 Å². The topological polar surface area (TPSA) is 126 Å². The van der Waals surface area contributed by atoms with Gasteiger partial charge in [-0.15, -0.1) is 0 Å². The van der Waals surface area contributed by atoms with Crippen molar-refractivity contribution < 1.29 is 28.6 Å². The van der Waals surface area contributed by atoms with Crippen LogP contribution in [0.5, 0.6) is 5.75 Å². The molecule has 1 aliphatic rings. The highest BCUT2D eigenvalue weighted by Gasteiger charge is 2.29. The van der Waals surface area contributed by atoms with E-state index in [9.17, 15) is 19.1 Å². The highest BCUT2D eigenvalue weighted by molar-refractivity contribution is 5.83. The van der Waals surface area contributed by atoms with Crippen LogP contribution in [0.2, 0.25) is 0 Å². The number of rotatable bonds is 7. The number of ether oxygens (including phenoxy) is 2. The summed E-state index contributed by atoms with van der Waals surface area (Å²) in [6.45, 7) is 11.1. The van der Waals surface area contributed by atoms with Crippen molar-refractivity contribution in [2.24, 2.45) is 0 Å². The molecule has 1 amide bonds. The first-order chi connectivity index (χ1) is 19.3. The molecule has 11 heteroatoms. The molecule has 218 valence electrons. The minimum absolute atomic E-state index is 0.0331. The summed E-state index contributed by atoms with van der Waals surface area (Å²) in [5.74, 6) is 0.431. The van der Waals surface area contributed by atoms with E-state index < -0.39 is 30.3 Å². The fourth-order valence-corrected chi connectivity index (χ4v) is 4.59. The van der Waals surface area contributed by atoms with Crippen molar-refractivity contribution in [3.63, 3.8) is 0 Å². The summed E-state index contributed by atoms with van der Waals surface area (Å²) in [6, 6.07) is 10.1. The van der Waals surface area contributed by atoms with Crippen molar-refractivity contribution in [1.29, 1.82) is 0 Å². The Morgan fingerprint density at radius 1 is 1.15 bits per heavy atom. The molecule has 3 aromatic rings. The predicted octanol–water partition coefficient (Wildman–Crippen LogP) is 4.89. The van der Waals surface area contributed by atoms with Crippen molar-refractivity contribution in [1.82, 2.24) is 15.3 Å². The van der Waals surface area contributed by atoms with Crippen LogP contribution in [0.15, 0.2) is 42.5 Å². The van der Waals surface area contributed by atoms with E-state index in [1.165, 1.54) is 12.1 Å². The molecule has 1 aromatic heterocycles. The van der Waals surface area contributed by atoms with E-state index >= 15 is 0 Å². The van der Waals surface area contributed by atoms with Gasteiger partial charge in [-0.05, 0) is 95.5 Å². The number of alkyl carbamates (subject to hydrolysis) is 1. The zero-order chi connectivity index (χ0) is 29.9. The van der Waals surface area contributed by atoms with Crippen LogP contribution < -0.4 is 20.3 Å². The number of aromatic nitrogens is 2. The number of benzene rings is 2. The van der Waals surface area contributed by atoms with E-state index in [0.29, 0.717) is 30.4 Å². The van der Waals surface area contributed by atoms with Gasteiger partial charge in [-0.25, -0.2) is 19.0 Å². The van der Waals surface area contributed by atoms with Gasteiger partial charge in [-0.2, -0.15) is 4.98 Å². The van der Waals surface area contributed by atoms with Crippen LogP contribution in [0.4, 0.5) is 26.6 Å². The van der Waals surface area contributed by atoms with Gasteiger partial charge >= 0.3 is 12.1 Å². The number of esters is 1. The lowest BCUT2D eigenvalue weighted by Crippen LogP contribution is -2.47. The molecule has 3 N–H and O–H groups in total. The number of amides is 1. The summed E-state index contributed by atoms with van der Waals surface area (Å²) < 4.78 is 24.0. The maximum Gasteiger partial charge on any atom is 0.408 e. The summed E-state index contributed by atoms with van der Waals surface area (Å²) in [6.07, 6.45) is -0.146. The number of nitrogens with one attached hydrogen (secondary N) is 2. The summed E-state index contributed by atoms with van der Waals surface area (Å²) in [5.41, 5.74) is 3.81. The molecule has 2 atom stereocenters. The van der Waals surface area contributed by atoms with Crippen LogP contribution in [0.1, 0.15) is 56.1 Å². The lowest BCUT2D eigenvalue weighted by atomic mass is 9.93. The van der Waals surface area contributed by atoms with Crippen molar-refractivity contribution >= 4 is 29.5 Å². The average Bonchev–Trinajstić information content (AvgIpc) is 2.90. The maximum atomic E-state index is 13.3. The van der Waals surface area contributed by atoms with Crippen molar-refractivity contribution in [3.05, 3.63) is 70.7 Å². The minimum atomic E-state index is -1.27. The zero-order valence-electron chi connectivity index (χ0n) is 24.1. The predicted molar refractivity (Wildman–Crippen MR) is 153 cm³/mol. The van der Waals surface area contributed by atoms with E-state index in [1.807, 2.05) is 26.0 Å². The number of aryl methyl sites for hydroxylation is 1. The number of anilines is 3. The summed E-state index contributed by atoms with van der Waals surface area (Å²) >= 11 is 0. The average molecular weight is 566 g/mol. The standard InChI is InChI=1S/C30H36FN5O5/c1-17-18(2)32-28(33-22-9-7-21(31)8-10-22)35-26(17)36-14-13-20-15-23(11-12-24(20)19(36)3)40-27(38)25(16-37)34-29(39)41-30(4,5)6/h7-12,15,19,25,37H,13-14,16H2,1-6H3,(H,34,39)(H,32,33,35). The molecule has 41 heavy (non-hydrogen) atoms. The first-order valence-corrected chi connectivity index (χ1v) is 13.4. The third kappa shape index (κ3) is 7.29. The molecule has 0 saturated heterocycles. The smallest absolute Gasteiger partial charge is 0.408 e. The monoisotopic (exact) mass is 565 g/mol. The summed E-state index contributed by atoms with van der Waals surface area (Å²) in [7, 11) is 0. The van der Waals surface area contributed by atoms with Gasteiger partial charge in [-0.3, -0.25) is 0 Å². The molecular weight excluding hydrogens is 529 g/mol. The van der Waals surface area contributed by atoms with E-state index in [1.54, 1.807) is 39.0 Å². The largest absolute Gasteiger partial charge is 0.444 e.